The SMILES string of the molecule is Cc1c(C(=O)c2ccc(O)cc2)c2cccc3c2n1C(CN1CCOCC1)CO3. The van der Waals surface area contributed by atoms with Gasteiger partial charge in [0, 0.05) is 36.3 Å². The van der Waals surface area contributed by atoms with Crippen molar-refractivity contribution in [3.8, 4) is 11.5 Å². The number of phenols is 1. The molecule has 0 amide bonds. The van der Waals surface area contributed by atoms with Crippen LogP contribution in [-0.4, -0.2) is 59.8 Å². The summed E-state index contributed by atoms with van der Waals surface area (Å²) < 4.78 is 13.9. The number of phenolic OH excluding ortho intramolecular Hbond substituents is 1. The van der Waals surface area contributed by atoms with E-state index in [1.165, 1.54) is 0 Å². The maximum Gasteiger partial charge on any atom is 0.195 e. The first-order valence-corrected chi connectivity index (χ1v) is 10.0. The molecule has 0 aliphatic carbocycles. The van der Waals surface area contributed by atoms with Gasteiger partial charge in [0.2, 0.25) is 0 Å². The smallest absolute Gasteiger partial charge is 0.195 e. The van der Waals surface area contributed by atoms with E-state index in [1.54, 1.807) is 24.3 Å². The molecule has 1 atom stereocenters. The first-order chi connectivity index (χ1) is 14.1. The van der Waals surface area contributed by atoms with Crippen LogP contribution in [0.1, 0.15) is 27.7 Å². The molecule has 5 rings (SSSR count). The molecule has 3 heterocycles. The lowest BCUT2D eigenvalue weighted by Gasteiger charge is -2.34. The van der Waals surface area contributed by atoms with Crippen LogP contribution in [0.3, 0.4) is 0 Å². The number of rotatable bonds is 4. The Kier molecular flexibility index (Phi) is 4.53. The molecular weight excluding hydrogens is 368 g/mol. The van der Waals surface area contributed by atoms with Crippen LogP contribution in [0.2, 0.25) is 0 Å². The monoisotopic (exact) mass is 392 g/mol. The second-order valence-corrected chi connectivity index (χ2v) is 7.74. The van der Waals surface area contributed by atoms with Gasteiger partial charge in [-0.25, -0.2) is 0 Å². The van der Waals surface area contributed by atoms with E-state index in [1.807, 2.05) is 25.1 Å². The molecule has 1 saturated heterocycles. The lowest BCUT2D eigenvalue weighted by atomic mass is 10.0. The molecule has 0 radical (unpaired) electrons. The third kappa shape index (κ3) is 3.09. The van der Waals surface area contributed by atoms with Crippen molar-refractivity contribution in [2.45, 2.75) is 13.0 Å². The highest BCUT2D eigenvalue weighted by atomic mass is 16.5. The number of ketones is 1. The number of para-hydroxylation sites is 1. The van der Waals surface area contributed by atoms with Gasteiger partial charge in [-0.15, -0.1) is 0 Å². The number of aromatic hydroxyl groups is 1. The zero-order valence-electron chi connectivity index (χ0n) is 16.4. The van der Waals surface area contributed by atoms with Crippen LogP contribution in [0.25, 0.3) is 10.9 Å². The molecule has 0 bridgehead atoms. The van der Waals surface area contributed by atoms with E-state index in [-0.39, 0.29) is 17.6 Å². The summed E-state index contributed by atoms with van der Waals surface area (Å²) in [5.74, 6) is 0.948. The maximum atomic E-state index is 13.4. The average Bonchev–Trinajstić information content (AvgIpc) is 3.05. The maximum absolute atomic E-state index is 13.4. The van der Waals surface area contributed by atoms with Crippen molar-refractivity contribution in [3.63, 3.8) is 0 Å². The molecule has 2 aliphatic rings. The fourth-order valence-corrected chi connectivity index (χ4v) is 4.55. The summed E-state index contributed by atoms with van der Waals surface area (Å²) in [7, 11) is 0. The zero-order chi connectivity index (χ0) is 20.0. The number of morpholine rings is 1. The molecule has 1 fully saturated rings. The molecule has 3 aromatic rings. The lowest BCUT2D eigenvalue weighted by Crippen LogP contribution is -2.42. The fraction of sp³-hybridized carbons (Fsp3) is 0.348. The second kappa shape index (κ2) is 7.21. The third-order valence-electron chi connectivity index (χ3n) is 5.96. The van der Waals surface area contributed by atoms with Crippen molar-refractivity contribution < 1.29 is 19.4 Å². The summed E-state index contributed by atoms with van der Waals surface area (Å²) in [6.07, 6.45) is 0. The fourth-order valence-electron chi connectivity index (χ4n) is 4.55. The Bertz CT molecular complexity index is 1060. The second-order valence-electron chi connectivity index (χ2n) is 7.74. The standard InChI is InChI=1S/C23H24N2O4/c1-15-21(23(27)16-5-7-18(26)8-6-16)19-3-2-4-20-22(19)25(15)17(14-29-20)13-24-9-11-28-12-10-24/h2-8,17,26H,9-14H2,1H3. The third-order valence-corrected chi connectivity index (χ3v) is 5.96. The van der Waals surface area contributed by atoms with Gasteiger partial charge in [0.1, 0.15) is 18.1 Å². The van der Waals surface area contributed by atoms with E-state index in [4.69, 9.17) is 9.47 Å². The van der Waals surface area contributed by atoms with Crippen molar-refractivity contribution >= 4 is 16.7 Å². The van der Waals surface area contributed by atoms with Crippen LogP contribution < -0.4 is 4.74 Å². The first kappa shape index (κ1) is 18.2. The van der Waals surface area contributed by atoms with Gasteiger partial charge in [0.25, 0.3) is 0 Å². The molecule has 0 spiro atoms. The van der Waals surface area contributed by atoms with E-state index >= 15 is 0 Å². The highest BCUT2D eigenvalue weighted by Crippen LogP contribution is 2.39. The molecule has 6 heteroatoms. The molecule has 1 N–H and O–H groups in total. The van der Waals surface area contributed by atoms with E-state index in [2.05, 4.69) is 9.47 Å². The van der Waals surface area contributed by atoms with Crippen molar-refractivity contribution in [2.75, 3.05) is 39.5 Å². The van der Waals surface area contributed by atoms with Crippen molar-refractivity contribution in [2.24, 2.45) is 0 Å². The van der Waals surface area contributed by atoms with Crippen LogP contribution >= 0.6 is 0 Å². The normalized spacial score (nSPS) is 19.3. The van der Waals surface area contributed by atoms with Gasteiger partial charge in [0.05, 0.1) is 30.3 Å². The Labute approximate surface area is 169 Å². The number of carbonyl (C=O) groups excluding carboxylic acids is 1. The molecule has 6 nitrogen and oxygen atoms in total. The van der Waals surface area contributed by atoms with Crippen LogP contribution in [0, 0.1) is 6.92 Å². The van der Waals surface area contributed by atoms with E-state index < -0.39 is 0 Å². The van der Waals surface area contributed by atoms with Crippen molar-refractivity contribution in [1.82, 2.24) is 9.47 Å². The average molecular weight is 392 g/mol. The molecule has 1 aromatic heterocycles. The molecule has 150 valence electrons. The number of nitrogens with zero attached hydrogens (tertiary/aromatic N) is 2. The van der Waals surface area contributed by atoms with Gasteiger partial charge in [0.15, 0.2) is 5.78 Å². The molecular formula is C23H24N2O4. The summed E-state index contributed by atoms with van der Waals surface area (Å²) in [5.41, 5.74) is 3.24. The number of aromatic nitrogens is 1. The van der Waals surface area contributed by atoms with Crippen LogP contribution in [0.5, 0.6) is 11.5 Å². The van der Waals surface area contributed by atoms with Gasteiger partial charge in [-0.1, -0.05) is 12.1 Å². The number of ether oxygens (including phenoxy) is 2. The number of carbonyl (C=O) groups is 1. The summed E-state index contributed by atoms with van der Waals surface area (Å²) >= 11 is 0. The molecule has 2 aliphatic heterocycles. The lowest BCUT2D eigenvalue weighted by molar-refractivity contribution is 0.0272. The predicted molar refractivity (Wildman–Crippen MR) is 110 cm³/mol. The minimum Gasteiger partial charge on any atom is -0.508 e. The van der Waals surface area contributed by atoms with Gasteiger partial charge in [-0.3, -0.25) is 9.69 Å². The Hall–Kier alpha value is -2.83. The quantitative estimate of drug-likeness (QED) is 0.691. The largest absolute Gasteiger partial charge is 0.508 e. The van der Waals surface area contributed by atoms with Gasteiger partial charge in [-0.05, 0) is 37.3 Å². The summed E-state index contributed by atoms with van der Waals surface area (Å²) in [4.78, 5) is 15.8. The highest BCUT2D eigenvalue weighted by molar-refractivity contribution is 6.18. The minimum atomic E-state index is -0.0320. The Morgan fingerprint density at radius 1 is 1.14 bits per heavy atom. The predicted octanol–water partition coefficient (Wildman–Crippen LogP) is 3.15. The summed E-state index contributed by atoms with van der Waals surface area (Å²) in [6, 6.07) is 12.5. The molecule has 2 aromatic carbocycles. The van der Waals surface area contributed by atoms with E-state index in [0.717, 1.165) is 55.2 Å². The van der Waals surface area contributed by atoms with E-state index in [9.17, 15) is 9.90 Å². The minimum absolute atomic E-state index is 0.0320. The van der Waals surface area contributed by atoms with E-state index in [0.29, 0.717) is 17.7 Å². The Morgan fingerprint density at radius 3 is 2.66 bits per heavy atom. The zero-order valence-corrected chi connectivity index (χ0v) is 16.4. The van der Waals surface area contributed by atoms with Crippen LogP contribution in [-0.2, 0) is 4.74 Å². The molecule has 0 saturated carbocycles. The van der Waals surface area contributed by atoms with Gasteiger partial charge in [-0.2, -0.15) is 0 Å². The topological polar surface area (TPSA) is 63.9 Å². The Morgan fingerprint density at radius 2 is 1.90 bits per heavy atom. The van der Waals surface area contributed by atoms with Gasteiger partial charge >= 0.3 is 0 Å². The first-order valence-electron chi connectivity index (χ1n) is 10.0. The molecule has 1 unspecified atom stereocenters. The number of hydrogen-bond acceptors (Lipinski definition) is 5. The number of benzene rings is 2. The highest BCUT2D eigenvalue weighted by Gasteiger charge is 2.31. The van der Waals surface area contributed by atoms with Crippen molar-refractivity contribution in [3.05, 3.63) is 59.3 Å². The Balaban J connectivity index is 1.60. The van der Waals surface area contributed by atoms with Gasteiger partial charge < -0.3 is 19.1 Å². The van der Waals surface area contributed by atoms with Crippen LogP contribution in [0.15, 0.2) is 42.5 Å². The summed E-state index contributed by atoms with van der Waals surface area (Å²) in [5, 5.41) is 10.5. The number of hydrogen-bond donors (Lipinski definition) is 1. The summed E-state index contributed by atoms with van der Waals surface area (Å²) in [6.45, 7) is 6.83. The van der Waals surface area contributed by atoms with Crippen molar-refractivity contribution in [1.29, 1.82) is 0 Å². The van der Waals surface area contributed by atoms with Crippen LogP contribution in [0.4, 0.5) is 0 Å². The molecule has 29 heavy (non-hydrogen) atoms.